The van der Waals surface area contributed by atoms with Gasteiger partial charge in [0.1, 0.15) is 0 Å². The molecule has 0 unspecified atom stereocenters. The van der Waals surface area contributed by atoms with Crippen LogP contribution in [0.2, 0.25) is 0 Å². The minimum Gasteiger partial charge on any atom is -0.144 e. The van der Waals surface area contributed by atoms with Gasteiger partial charge >= 0.3 is 0 Å². The number of thiophene rings is 1. The largest absolute Gasteiger partial charge is 0.144 e. The van der Waals surface area contributed by atoms with E-state index in [-0.39, 0.29) is 0 Å². The molecule has 0 aliphatic heterocycles. The zero-order valence-corrected chi connectivity index (χ0v) is 10.4. The number of alkyl halides is 1. The van der Waals surface area contributed by atoms with E-state index in [1.807, 2.05) is 11.3 Å². The SMILES string of the molecule is C[C@@H](I)Cc1ccc2sccc2c1. The van der Waals surface area contributed by atoms with Crippen molar-refractivity contribution >= 4 is 44.0 Å². The van der Waals surface area contributed by atoms with Gasteiger partial charge in [0.15, 0.2) is 0 Å². The summed E-state index contributed by atoms with van der Waals surface area (Å²) in [5.74, 6) is 0. The van der Waals surface area contributed by atoms with Gasteiger partial charge in [-0.1, -0.05) is 41.6 Å². The maximum Gasteiger partial charge on any atom is 0.0342 e. The van der Waals surface area contributed by atoms with Crippen LogP contribution in [0.25, 0.3) is 10.1 Å². The standard InChI is InChI=1S/C11H11IS/c1-8(12)6-9-2-3-11-10(7-9)4-5-13-11/h2-5,7-8H,6H2,1H3/t8-/m1/s1. The monoisotopic (exact) mass is 302 g/mol. The van der Waals surface area contributed by atoms with Crippen LogP contribution in [0, 0.1) is 0 Å². The molecule has 0 saturated carbocycles. The molecule has 2 heteroatoms. The second-order valence-electron chi connectivity index (χ2n) is 3.28. The first-order valence-electron chi connectivity index (χ1n) is 4.36. The lowest BCUT2D eigenvalue weighted by Crippen LogP contribution is -1.95. The van der Waals surface area contributed by atoms with Gasteiger partial charge in [0.05, 0.1) is 0 Å². The molecule has 0 amide bonds. The summed E-state index contributed by atoms with van der Waals surface area (Å²) in [6.07, 6.45) is 1.17. The van der Waals surface area contributed by atoms with Crippen molar-refractivity contribution in [1.29, 1.82) is 0 Å². The maximum atomic E-state index is 2.47. The number of fused-ring (bicyclic) bond motifs is 1. The van der Waals surface area contributed by atoms with E-state index in [0.29, 0.717) is 3.92 Å². The fourth-order valence-electron chi connectivity index (χ4n) is 1.47. The average molecular weight is 302 g/mol. The van der Waals surface area contributed by atoms with Crippen LogP contribution < -0.4 is 0 Å². The number of halogens is 1. The van der Waals surface area contributed by atoms with Crippen LogP contribution in [-0.4, -0.2) is 3.92 Å². The Kier molecular flexibility index (Phi) is 2.89. The Balaban J connectivity index is 2.37. The molecule has 0 spiro atoms. The second-order valence-corrected chi connectivity index (χ2v) is 6.35. The number of hydrogen-bond donors (Lipinski definition) is 0. The zero-order valence-electron chi connectivity index (χ0n) is 7.46. The minimum atomic E-state index is 0.716. The fraction of sp³-hybridized carbons (Fsp3) is 0.273. The summed E-state index contributed by atoms with van der Waals surface area (Å²) in [6.45, 7) is 2.25. The Morgan fingerprint density at radius 3 is 3.00 bits per heavy atom. The molecule has 2 aromatic rings. The molecule has 1 aromatic carbocycles. The first-order valence-corrected chi connectivity index (χ1v) is 6.48. The van der Waals surface area contributed by atoms with Crippen molar-refractivity contribution in [1.82, 2.24) is 0 Å². The molecule has 0 nitrogen and oxygen atoms in total. The van der Waals surface area contributed by atoms with Crippen LogP contribution in [0.3, 0.4) is 0 Å². The first kappa shape index (κ1) is 9.46. The molecular weight excluding hydrogens is 291 g/mol. The molecule has 1 atom stereocenters. The van der Waals surface area contributed by atoms with E-state index in [0.717, 1.165) is 0 Å². The van der Waals surface area contributed by atoms with Gasteiger partial charge in [-0.05, 0) is 34.9 Å². The highest BCUT2D eigenvalue weighted by Gasteiger charge is 2.00. The van der Waals surface area contributed by atoms with Crippen molar-refractivity contribution < 1.29 is 0 Å². The lowest BCUT2D eigenvalue weighted by Gasteiger charge is -2.02. The lowest BCUT2D eigenvalue weighted by atomic mass is 10.1. The molecule has 0 radical (unpaired) electrons. The molecule has 68 valence electrons. The molecule has 2 rings (SSSR count). The summed E-state index contributed by atoms with van der Waals surface area (Å²) in [4.78, 5) is 0. The van der Waals surface area contributed by atoms with Crippen LogP contribution in [0.1, 0.15) is 12.5 Å². The van der Waals surface area contributed by atoms with Crippen LogP contribution in [0.4, 0.5) is 0 Å². The quantitative estimate of drug-likeness (QED) is 0.574. The molecule has 0 saturated heterocycles. The van der Waals surface area contributed by atoms with Crippen molar-refractivity contribution in [2.45, 2.75) is 17.3 Å². The highest BCUT2D eigenvalue weighted by molar-refractivity contribution is 14.1. The summed E-state index contributed by atoms with van der Waals surface area (Å²) < 4.78 is 2.11. The molecular formula is C11H11IS. The van der Waals surface area contributed by atoms with Gasteiger partial charge in [-0.15, -0.1) is 11.3 Å². The number of hydrogen-bond acceptors (Lipinski definition) is 1. The molecule has 0 aliphatic carbocycles. The Bertz CT molecular complexity index is 403. The fourth-order valence-corrected chi connectivity index (χ4v) is 2.75. The van der Waals surface area contributed by atoms with E-state index in [1.54, 1.807) is 0 Å². The molecule has 1 heterocycles. The van der Waals surface area contributed by atoms with E-state index in [4.69, 9.17) is 0 Å². The van der Waals surface area contributed by atoms with Gasteiger partial charge in [-0.25, -0.2) is 0 Å². The third-order valence-corrected chi connectivity index (χ3v) is 3.37. The van der Waals surface area contributed by atoms with Crippen molar-refractivity contribution in [3.05, 3.63) is 35.2 Å². The van der Waals surface area contributed by atoms with E-state index in [1.165, 1.54) is 22.1 Å². The number of benzene rings is 1. The van der Waals surface area contributed by atoms with Gasteiger partial charge in [-0.3, -0.25) is 0 Å². The lowest BCUT2D eigenvalue weighted by molar-refractivity contribution is 0.979. The highest BCUT2D eigenvalue weighted by Crippen LogP contribution is 2.22. The summed E-state index contributed by atoms with van der Waals surface area (Å²) in [5, 5.41) is 3.54. The Morgan fingerprint density at radius 2 is 2.23 bits per heavy atom. The Morgan fingerprint density at radius 1 is 1.38 bits per heavy atom. The average Bonchev–Trinajstić information content (AvgIpc) is 2.49. The minimum absolute atomic E-state index is 0.716. The van der Waals surface area contributed by atoms with Crippen LogP contribution in [-0.2, 0) is 6.42 Å². The molecule has 1 aromatic heterocycles. The van der Waals surface area contributed by atoms with E-state index in [2.05, 4.69) is 59.2 Å². The zero-order chi connectivity index (χ0) is 9.26. The van der Waals surface area contributed by atoms with Crippen molar-refractivity contribution in [3.8, 4) is 0 Å². The maximum absolute atomic E-state index is 2.47. The van der Waals surface area contributed by atoms with Crippen LogP contribution >= 0.6 is 33.9 Å². The summed E-state index contributed by atoms with van der Waals surface area (Å²) in [6, 6.07) is 8.98. The van der Waals surface area contributed by atoms with E-state index < -0.39 is 0 Å². The van der Waals surface area contributed by atoms with Crippen molar-refractivity contribution in [2.75, 3.05) is 0 Å². The third kappa shape index (κ3) is 2.23. The predicted octanol–water partition coefficient (Wildman–Crippen LogP) is 4.27. The van der Waals surface area contributed by atoms with Crippen molar-refractivity contribution in [3.63, 3.8) is 0 Å². The Labute approximate surface area is 96.1 Å². The third-order valence-electron chi connectivity index (χ3n) is 2.03. The van der Waals surface area contributed by atoms with E-state index in [9.17, 15) is 0 Å². The van der Waals surface area contributed by atoms with Crippen molar-refractivity contribution in [2.24, 2.45) is 0 Å². The van der Waals surface area contributed by atoms with Gasteiger partial charge in [0.25, 0.3) is 0 Å². The second kappa shape index (κ2) is 3.96. The summed E-state index contributed by atoms with van der Waals surface area (Å²) in [5.41, 5.74) is 1.45. The summed E-state index contributed by atoms with van der Waals surface area (Å²) >= 11 is 4.28. The van der Waals surface area contributed by atoms with Gasteiger partial charge in [-0.2, -0.15) is 0 Å². The molecule has 0 N–H and O–H groups in total. The smallest absolute Gasteiger partial charge is 0.0342 e. The first-order chi connectivity index (χ1) is 6.25. The predicted molar refractivity (Wildman–Crippen MR) is 69.0 cm³/mol. The van der Waals surface area contributed by atoms with Crippen LogP contribution in [0.5, 0.6) is 0 Å². The molecule has 13 heavy (non-hydrogen) atoms. The van der Waals surface area contributed by atoms with Gasteiger partial charge in [0, 0.05) is 8.62 Å². The van der Waals surface area contributed by atoms with Crippen LogP contribution in [0.15, 0.2) is 29.6 Å². The number of rotatable bonds is 2. The molecule has 0 bridgehead atoms. The molecule has 0 aliphatic rings. The molecule has 0 fully saturated rings. The highest BCUT2D eigenvalue weighted by atomic mass is 127. The van der Waals surface area contributed by atoms with Gasteiger partial charge < -0.3 is 0 Å². The Hall–Kier alpha value is -0.0900. The van der Waals surface area contributed by atoms with Gasteiger partial charge in [0.2, 0.25) is 0 Å². The normalized spacial score (nSPS) is 13.4. The topological polar surface area (TPSA) is 0 Å². The summed E-state index contributed by atoms with van der Waals surface area (Å²) in [7, 11) is 0. The van der Waals surface area contributed by atoms with E-state index >= 15 is 0 Å².